The maximum atomic E-state index is 12.7. The fourth-order valence-electron chi connectivity index (χ4n) is 3.05. The van der Waals surface area contributed by atoms with Crippen molar-refractivity contribution in [3.8, 4) is 11.5 Å². The SMILES string of the molecule is COC(=O)CC(NC(=O)Cc1cn2ccccc2n1)c1ccc(OC)c(OC)c1. The highest BCUT2D eigenvalue weighted by molar-refractivity contribution is 5.80. The van der Waals surface area contributed by atoms with Crippen molar-refractivity contribution < 1.29 is 23.8 Å². The summed E-state index contributed by atoms with van der Waals surface area (Å²) in [6.07, 6.45) is 3.75. The summed E-state index contributed by atoms with van der Waals surface area (Å²) in [6.45, 7) is 0. The average Bonchev–Trinajstić information content (AvgIpc) is 3.14. The first-order valence-electron chi connectivity index (χ1n) is 9.04. The summed E-state index contributed by atoms with van der Waals surface area (Å²) in [6, 6.07) is 10.3. The smallest absolute Gasteiger partial charge is 0.307 e. The van der Waals surface area contributed by atoms with Crippen LogP contribution in [0.5, 0.6) is 11.5 Å². The second-order valence-electron chi connectivity index (χ2n) is 6.39. The van der Waals surface area contributed by atoms with E-state index >= 15 is 0 Å². The van der Waals surface area contributed by atoms with Crippen molar-refractivity contribution in [2.24, 2.45) is 0 Å². The summed E-state index contributed by atoms with van der Waals surface area (Å²) in [5.74, 6) is 0.383. The first-order chi connectivity index (χ1) is 14.0. The average molecular weight is 397 g/mol. The molecule has 1 amide bonds. The third kappa shape index (κ3) is 4.84. The minimum atomic E-state index is -0.577. The Morgan fingerprint density at radius 1 is 1.10 bits per heavy atom. The van der Waals surface area contributed by atoms with Crippen LogP contribution in [0.1, 0.15) is 23.7 Å². The van der Waals surface area contributed by atoms with Crippen molar-refractivity contribution in [3.63, 3.8) is 0 Å². The van der Waals surface area contributed by atoms with Gasteiger partial charge in [-0.3, -0.25) is 9.59 Å². The van der Waals surface area contributed by atoms with Crippen LogP contribution in [-0.2, 0) is 20.7 Å². The van der Waals surface area contributed by atoms with Crippen molar-refractivity contribution in [1.82, 2.24) is 14.7 Å². The molecule has 8 heteroatoms. The summed E-state index contributed by atoms with van der Waals surface area (Å²) in [5.41, 5.74) is 2.11. The zero-order valence-electron chi connectivity index (χ0n) is 16.5. The number of carbonyl (C=O) groups is 2. The van der Waals surface area contributed by atoms with Crippen LogP contribution in [-0.4, -0.2) is 42.6 Å². The van der Waals surface area contributed by atoms with Gasteiger partial charge in [-0.25, -0.2) is 4.98 Å². The Morgan fingerprint density at radius 3 is 2.59 bits per heavy atom. The second-order valence-corrected chi connectivity index (χ2v) is 6.39. The Labute approximate surface area is 168 Å². The van der Waals surface area contributed by atoms with Crippen LogP contribution in [0.2, 0.25) is 0 Å². The number of carbonyl (C=O) groups excluding carboxylic acids is 2. The lowest BCUT2D eigenvalue weighted by Gasteiger charge is -2.19. The van der Waals surface area contributed by atoms with E-state index < -0.39 is 12.0 Å². The molecule has 152 valence electrons. The quantitative estimate of drug-likeness (QED) is 0.587. The molecule has 2 heterocycles. The van der Waals surface area contributed by atoms with Gasteiger partial charge in [-0.05, 0) is 29.8 Å². The molecule has 0 fully saturated rings. The van der Waals surface area contributed by atoms with Gasteiger partial charge in [0, 0.05) is 12.4 Å². The van der Waals surface area contributed by atoms with E-state index in [1.165, 1.54) is 14.2 Å². The number of rotatable bonds is 8. The number of aromatic nitrogens is 2. The molecule has 1 aromatic carbocycles. The van der Waals surface area contributed by atoms with Gasteiger partial charge in [-0.1, -0.05) is 12.1 Å². The normalized spacial score (nSPS) is 11.7. The zero-order chi connectivity index (χ0) is 20.8. The van der Waals surface area contributed by atoms with Crippen LogP contribution in [0.15, 0.2) is 48.8 Å². The van der Waals surface area contributed by atoms with Crippen LogP contribution in [0.3, 0.4) is 0 Å². The molecule has 1 unspecified atom stereocenters. The number of ether oxygens (including phenoxy) is 3. The molecule has 2 aromatic heterocycles. The fourth-order valence-corrected chi connectivity index (χ4v) is 3.05. The van der Waals surface area contributed by atoms with Crippen LogP contribution in [0.4, 0.5) is 0 Å². The van der Waals surface area contributed by atoms with Gasteiger partial charge in [0.25, 0.3) is 0 Å². The van der Waals surface area contributed by atoms with E-state index in [-0.39, 0.29) is 18.7 Å². The second kappa shape index (κ2) is 9.09. The minimum Gasteiger partial charge on any atom is -0.493 e. The van der Waals surface area contributed by atoms with E-state index in [1.54, 1.807) is 31.5 Å². The van der Waals surface area contributed by atoms with Gasteiger partial charge < -0.3 is 23.9 Å². The topological polar surface area (TPSA) is 91.2 Å². The molecule has 8 nitrogen and oxygen atoms in total. The van der Waals surface area contributed by atoms with E-state index in [0.717, 1.165) is 5.65 Å². The predicted octanol–water partition coefficient (Wildman–Crippen LogP) is 2.31. The molecule has 0 aliphatic heterocycles. The Bertz CT molecular complexity index is 981. The fraction of sp³-hybridized carbons (Fsp3) is 0.286. The third-order valence-corrected chi connectivity index (χ3v) is 4.50. The number of hydrogen-bond acceptors (Lipinski definition) is 6. The Hall–Kier alpha value is -3.55. The van der Waals surface area contributed by atoms with Crippen LogP contribution < -0.4 is 14.8 Å². The van der Waals surface area contributed by atoms with Gasteiger partial charge in [0.1, 0.15) is 5.65 Å². The van der Waals surface area contributed by atoms with E-state index in [0.29, 0.717) is 22.8 Å². The molecule has 0 spiro atoms. The number of hydrogen-bond donors (Lipinski definition) is 1. The number of imidazole rings is 1. The number of benzene rings is 1. The summed E-state index contributed by atoms with van der Waals surface area (Å²) in [7, 11) is 4.38. The third-order valence-electron chi connectivity index (χ3n) is 4.50. The molecule has 3 rings (SSSR count). The number of methoxy groups -OCH3 is 3. The highest BCUT2D eigenvalue weighted by Crippen LogP contribution is 2.31. The lowest BCUT2D eigenvalue weighted by atomic mass is 10.0. The van der Waals surface area contributed by atoms with Gasteiger partial charge in [0.2, 0.25) is 5.91 Å². The number of nitrogens with one attached hydrogen (secondary N) is 1. The number of esters is 1. The maximum absolute atomic E-state index is 12.7. The van der Waals surface area contributed by atoms with E-state index in [1.807, 2.05) is 28.8 Å². The molecule has 0 saturated heterocycles. The number of nitrogens with zero attached hydrogens (tertiary/aromatic N) is 2. The standard InChI is InChI=1S/C21H23N3O5/c1-27-17-8-7-14(10-18(17)28-2)16(12-21(26)29-3)23-20(25)11-15-13-24-9-5-4-6-19(24)22-15/h4-10,13,16H,11-12H2,1-3H3,(H,23,25). The molecule has 0 radical (unpaired) electrons. The van der Waals surface area contributed by atoms with Gasteiger partial charge >= 0.3 is 5.97 Å². The van der Waals surface area contributed by atoms with Gasteiger partial charge in [-0.2, -0.15) is 0 Å². The Kier molecular flexibility index (Phi) is 6.33. The molecule has 1 atom stereocenters. The van der Waals surface area contributed by atoms with Crippen LogP contribution >= 0.6 is 0 Å². The van der Waals surface area contributed by atoms with Crippen molar-refractivity contribution >= 4 is 17.5 Å². The maximum Gasteiger partial charge on any atom is 0.307 e. The van der Waals surface area contributed by atoms with Gasteiger partial charge in [0.15, 0.2) is 11.5 Å². The molecule has 0 saturated carbocycles. The van der Waals surface area contributed by atoms with Gasteiger partial charge in [0.05, 0.1) is 45.9 Å². The first kappa shape index (κ1) is 20.2. The first-order valence-corrected chi connectivity index (χ1v) is 9.04. The molecule has 3 aromatic rings. The Balaban J connectivity index is 1.79. The number of fused-ring (bicyclic) bond motifs is 1. The van der Waals surface area contributed by atoms with Crippen molar-refractivity contribution in [2.45, 2.75) is 18.9 Å². The summed E-state index contributed by atoms with van der Waals surface area (Å²) < 4.78 is 17.2. The molecule has 0 aliphatic carbocycles. The molecule has 1 N–H and O–H groups in total. The highest BCUT2D eigenvalue weighted by Gasteiger charge is 2.21. The lowest BCUT2D eigenvalue weighted by molar-refractivity contribution is -0.141. The molecular formula is C21H23N3O5. The van der Waals surface area contributed by atoms with Crippen LogP contribution in [0, 0.1) is 0 Å². The van der Waals surface area contributed by atoms with Crippen molar-refractivity contribution in [2.75, 3.05) is 21.3 Å². The highest BCUT2D eigenvalue weighted by atomic mass is 16.5. The summed E-state index contributed by atoms with van der Waals surface area (Å²) in [4.78, 5) is 29.0. The predicted molar refractivity (Wildman–Crippen MR) is 106 cm³/mol. The molecule has 29 heavy (non-hydrogen) atoms. The summed E-state index contributed by atoms with van der Waals surface area (Å²) >= 11 is 0. The molecule has 0 bridgehead atoms. The number of amides is 1. The molecule has 0 aliphatic rings. The lowest BCUT2D eigenvalue weighted by Crippen LogP contribution is -2.31. The van der Waals surface area contributed by atoms with Crippen LogP contribution in [0.25, 0.3) is 5.65 Å². The zero-order valence-corrected chi connectivity index (χ0v) is 16.5. The van der Waals surface area contributed by atoms with Crippen molar-refractivity contribution in [3.05, 3.63) is 60.0 Å². The largest absolute Gasteiger partial charge is 0.493 e. The van der Waals surface area contributed by atoms with E-state index in [4.69, 9.17) is 14.2 Å². The Morgan fingerprint density at radius 2 is 1.90 bits per heavy atom. The summed E-state index contributed by atoms with van der Waals surface area (Å²) in [5, 5.41) is 2.89. The molecular weight excluding hydrogens is 374 g/mol. The van der Waals surface area contributed by atoms with E-state index in [2.05, 4.69) is 10.3 Å². The van der Waals surface area contributed by atoms with Crippen molar-refractivity contribution in [1.29, 1.82) is 0 Å². The number of pyridine rings is 1. The van der Waals surface area contributed by atoms with E-state index in [9.17, 15) is 9.59 Å². The monoisotopic (exact) mass is 397 g/mol. The van der Waals surface area contributed by atoms with Gasteiger partial charge in [-0.15, -0.1) is 0 Å². The minimum absolute atomic E-state index is 0.0110.